The van der Waals surface area contributed by atoms with E-state index in [-0.39, 0.29) is 5.92 Å². The highest BCUT2D eigenvalue weighted by molar-refractivity contribution is 5.79. The lowest BCUT2D eigenvalue weighted by atomic mass is 9.97. The Morgan fingerprint density at radius 2 is 1.96 bits per heavy atom. The Morgan fingerprint density at radius 1 is 1.15 bits per heavy atom. The van der Waals surface area contributed by atoms with E-state index in [0.29, 0.717) is 5.91 Å². The summed E-state index contributed by atoms with van der Waals surface area (Å²) in [4.78, 5) is 22.1. The van der Waals surface area contributed by atoms with Crippen molar-refractivity contribution in [3.63, 3.8) is 0 Å². The highest BCUT2D eigenvalue weighted by Crippen LogP contribution is 2.29. The predicted molar refractivity (Wildman–Crippen MR) is 105 cm³/mol. The molecule has 6 heteroatoms. The van der Waals surface area contributed by atoms with Gasteiger partial charge >= 0.3 is 0 Å². The number of amides is 1. The van der Waals surface area contributed by atoms with Gasteiger partial charge in [-0.3, -0.25) is 4.79 Å². The van der Waals surface area contributed by atoms with E-state index < -0.39 is 0 Å². The number of imidazole rings is 1. The molecule has 1 atom stereocenters. The number of fused-ring (bicyclic) bond motifs is 1. The number of carbonyl (C=O) groups excluding carboxylic acids is 1. The molecule has 0 bridgehead atoms. The number of rotatable bonds is 3. The minimum absolute atomic E-state index is 0.0482. The van der Waals surface area contributed by atoms with Crippen LogP contribution in [0.4, 0.5) is 0 Å². The van der Waals surface area contributed by atoms with Crippen molar-refractivity contribution in [1.82, 2.24) is 19.4 Å². The topological polar surface area (TPSA) is 50.6 Å². The van der Waals surface area contributed by atoms with E-state index in [0.717, 1.165) is 74.8 Å². The van der Waals surface area contributed by atoms with Crippen molar-refractivity contribution in [3.05, 3.63) is 36.3 Å². The van der Waals surface area contributed by atoms with Crippen molar-refractivity contribution >= 4 is 5.91 Å². The Kier molecular flexibility index (Phi) is 5.16. The molecule has 144 valence electrons. The van der Waals surface area contributed by atoms with E-state index in [4.69, 9.17) is 4.74 Å². The van der Waals surface area contributed by atoms with E-state index in [1.807, 2.05) is 18.3 Å². The normalized spacial score (nSPS) is 20.8. The molecule has 0 radical (unpaired) electrons. The summed E-state index contributed by atoms with van der Waals surface area (Å²) in [6.07, 6.45) is 4.75. The first-order chi connectivity index (χ1) is 13.2. The van der Waals surface area contributed by atoms with Crippen LogP contribution >= 0.6 is 0 Å². The number of aryl methyl sites for hydroxylation is 1. The van der Waals surface area contributed by atoms with Crippen LogP contribution in [0.2, 0.25) is 0 Å². The SMILES string of the molecule is COc1ccc(-c2cnc3n2CC(C(=O)N2CCCN(C)CC2)CC3)cc1. The number of nitrogens with zero attached hydrogens (tertiary/aromatic N) is 4. The van der Waals surface area contributed by atoms with E-state index in [1.54, 1.807) is 7.11 Å². The fourth-order valence-corrected chi connectivity index (χ4v) is 4.15. The molecule has 0 N–H and O–H groups in total. The van der Waals surface area contributed by atoms with Crippen LogP contribution in [-0.2, 0) is 17.8 Å². The second-order valence-electron chi connectivity index (χ2n) is 7.62. The molecule has 0 aliphatic carbocycles. The first-order valence-electron chi connectivity index (χ1n) is 9.82. The Bertz CT molecular complexity index is 799. The van der Waals surface area contributed by atoms with E-state index >= 15 is 0 Å². The maximum absolute atomic E-state index is 13.1. The standard InChI is InChI=1S/C21H28N4O2/c1-23-10-3-11-24(13-12-23)21(26)17-6-9-20-22-14-19(25(20)15-17)16-4-7-18(27-2)8-5-16/h4-5,7-8,14,17H,3,6,9-13,15H2,1-2H3. The molecule has 1 aromatic carbocycles. The third-order valence-corrected chi connectivity index (χ3v) is 5.82. The minimum Gasteiger partial charge on any atom is -0.497 e. The molecular formula is C21H28N4O2. The molecule has 4 rings (SSSR count). The van der Waals surface area contributed by atoms with Crippen LogP contribution in [0, 0.1) is 5.92 Å². The summed E-state index contributed by atoms with van der Waals surface area (Å²) in [7, 11) is 3.81. The molecule has 1 fully saturated rings. The number of ether oxygens (including phenoxy) is 1. The maximum Gasteiger partial charge on any atom is 0.227 e. The van der Waals surface area contributed by atoms with Gasteiger partial charge in [0.15, 0.2) is 0 Å². The lowest BCUT2D eigenvalue weighted by Crippen LogP contribution is -2.41. The van der Waals surface area contributed by atoms with Crippen LogP contribution in [0.1, 0.15) is 18.7 Å². The second kappa shape index (κ2) is 7.72. The summed E-state index contributed by atoms with van der Waals surface area (Å²) in [5.74, 6) is 2.29. The van der Waals surface area contributed by atoms with Gasteiger partial charge < -0.3 is 19.1 Å². The van der Waals surface area contributed by atoms with Crippen molar-refractivity contribution in [2.45, 2.75) is 25.8 Å². The van der Waals surface area contributed by atoms with Crippen LogP contribution in [-0.4, -0.2) is 65.6 Å². The molecule has 6 nitrogen and oxygen atoms in total. The second-order valence-corrected chi connectivity index (χ2v) is 7.62. The van der Waals surface area contributed by atoms with Gasteiger partial charge in [-0.05, 0) is 50.7 Å². The molecule has 1 unspecified atom stereocenters. The van der Waals surface area contributed by atoms with E-state index in [9.17, 15) is 4.79 Å². The zero-order chi connectivity index (χ0) is 18.8. The number of likely N-dealkylation sites (N-methyl/N-ethyl adjacent to an activating group) is 1. The smallest absolute Gasteiger partial charge is 0.227 e. The van der Waals surface area contributed by atoms with Gasteiger partial charge in [0, 0.05) is 38.2 Å². The van der Waals surface area contributed by atoms with Crippen LogP contribution in [0.15, 0.2) is 30.5 Å². The predicted octanol–water partition coefficient (Wildman–Crippen LogP) is 2.29. The van der Waals surface area contributed by atoms with Crippen LogP contribution in [0.3, 0.4) is 0 Å². The third kappa shape index (κ3) is 3.72. The van der Waals surface area contributed by atoms with Gasteiger partial charge in [0.05, 0.1) is 24.9 Å². The zero-order valence-corrected chi connectivity index (χ0v) is 16.2. The van der Waals surface area contributed by atoms with Crippen LogP contribution < -0.4 is 4.74 Å². The molecule has 2 aliphatic rings. The summed E-state index contributed by atoms with van der Waals surface area (Å²) in [5, 5.41) is 0. The minimum atomic E-state index is 0.0482. The Balaban J connectivity index is 1.52. The summed E-state index contributed by atoms with van der Waals surface area (Å²) in [6, 6.07) is 8.04. The fourth-order valence-electron chi connectivity index (χ4n) is 4.15. The molecule has 2 aliphatic heterocycles. The number of methoxy groups -OCH3 is 1. The molecule has 1 amide bonds. The summed E-state index contributed by atoms with van der Waals surface area (Å²) in [5.41, 5.74) is 2.19. The van der Waals surface area contributed by atoms with Gasteiger partial charge in [-0.2, -0.15) is 0 Å². The first kappa shape index (κ1) is 18.0. The lowest BCUT2D eigenvalue weighted by Gasteiger charge is -2.30. The molecule has 0 saturated carbocycles. The number of benzene rings is 1. The number of hydrogen-bond donors (Lipinski definition) is 0. The first-order valence-corrected chi connectivity index (χ1v) is 9.82. The third-order valence-electron chi connectivity index (χ3n) is 5.82. The average molecular weight is 368 g/mol. The Hall–Kier alpha value is -2.34. The van der Waals surface area contributed by atoms with Crippen LogP contribution in [0.25, 0.3) is 11.3 Å². The average Bonchev–Trinajstić information content (AvgIpc) is 3.01. The van der Waals surface area contributed by atoms with Gasteiger partial charge in [0.25, 0.3) is 0 Å². The van der Waals surface area contributed by atoms with Crippen molar-refractivity contribution in [2.24, 2.45) is 5.92 Å². The zero-order valence-electron chi connectivity index (χ0n) is 16.2. The van der Waals surface area contributed by atoms with Gasteiger partial charge in [-0.1, -0.05) is 0 Å². The number of carbonyl (C=O) groups is 1. The molecular weight excluding hydrogens is 340 g/mol. The summed E-state index contributed by atoms with van der Waals surface area (Å²) < 4.78 is 7.49. The van der Waals surface area contributed by atoms with Crippen molar-refractivity contribution in [2.75, 3.05) is 40.3 Å². The Morgan fingerprint density at radius 3 is 2.74 bits per heavy atom. The highest BCUT2D eigenvalue weighted by Gasteiger charge is 2.30. The van der Waals surface area contributed by atoms with Crippen molar-refractivity contribution in [3.8, 4) is 17.0 Å². The van der Waals surface area contributed by atoms with Gasteiger partial charge in [0.1, 0.15) is 11.6 Å². The highest BCUT2D eigenvalue weighted by atomic mass is 16.5. The van der Waals surface area contributed by atoms with Crippen molar-refractivity contribution < 1.29 is 9.53 Å². The molecule has 27 heavy (non-hydrogen) atoms. The largest absolute Gasteiger partial charge is 0.497 e. The number of aromatic nitrogens is 2. The maximum atomic E-state index is 13.1. The Labute approximate surface area is 160 Å². The van der Waals surface area contributed by atoms with Gasteiger partial charge in [0.2, 0.25) is 5.91 Å². The molecule has 1 aromatic heterocycles. The van der Waals surface area contributed by atoms with Gasteiger partial charge in [-0.25, -0.2) is 4.98 Å². The quantitative estimate of drug-likeness (QED) is 0.834. The molecule has 0 spiro atoms. The lowest BCUT2D eigenvalue weighted by molar-refractivity contribution is -0.136. The fraction of sp³-hybridized carbons (Fsp3) is 0.524. The van der Waals surface area contributed by atoms with E-state index in [1.165, 1.54) is 0 Å². The molecule has 1 saturated heterocycles. The molecule has 3 heterocycles. The summed E-state index contributed by atoms with van der Waals surface area (Å²) >= 11 is 0. The number of hydrogen-bond acceptors (Lipinski definition) is 4. The monoisotopic (exact) mass is 368 g/mol. The van der Waals surface area contributed by atoms with Gasteiger partial charge in [-0.15, -0.1) is 0 Å². The van der Waals surface area contributed by atoms with Crippen LogP contribution in [0.5, 0.6) is 5.75 Å². The van der Waals surface area contributed by atoms with Crippen molar-refractivity contribution in [1.29, 1.82) is 0 Å². The summed E-state index contributed by atoms with van der Waals surface area (Å²) in [6.45, 7) is 4.48. The molecule has 2 aromatic rings. The van der Waals surface area contributed by atoms with E-state index in [2.05, 4.69) is 38.5 Å².